The highest BCUT2D eigenvalue weighted by molar-refractivity contribution is 8.00. The lowest BCUT2D eigenvalue weighted by atomic mass is 10.2. The largest absolute Gasteiger partial charge is 0.415 e. The summed E-state index contributed by atoms with van der Waals surface area (Å²) in [5.74, 6) is 0.346. The van der Waals surface area contributed by atoms with Gasteiger partial charge in [0.05, 0.1) is 11.8 Å². The van der Waals surface area contributed by atoms with Crippen molar-refractivity contribution in [2.75, 3.05) is 0 Å². The standard InChI is InChI=1S/C10H18N4O2S/c1-4-6(2)12-9(15)7(3)17-10-14-13-8(5-11)16-10/h6-7H,4-5,11H2,1-3H3,(H,12,15). The first-order chi connectivity index (χ1) is 8.06. The lowest BCUT2D eigenvalue weighted by Gasteiger charge is -2.14. The van der Waals surface area contributed by atoms with Crippen LogP contribution in [0.15, 0.2) is 9.64 Å². The van der Waals surface area contributed by atoms with Gasteiger partial charge in [0.25, 0.3) is 5.22 Å². The van der Waals surface area contributed by atoms with Gasteiger partial charge in [0.15, 0.2) is 0 Å². The van der Waals surface area contributed by atoms with E-state index in [1.165, 1.54) is 11.8 Å². The molecule has 0 saturated heterocycles. The summed E-state index contributed by atoms with van der Waals surface area (Å²) in [7, 11) is 0. The van der Waals surface area contributed by atoms with Crippen LogP contribution >= 0.6 is 11.8 Å². The molecule has 0 radical (unpaired) electrons. The van der Waals surface area contributed by atoms with Crippen LogP contribution in [0.2, 0.25) is 0 Å². The minimum Gasteiger partial charge on any atom is -0.415 e. The fourth-order valence-corrected chi connectivity index (χ4v) is 1.75. The molecular weight excluding hydrogens is 240 g/mol. The molecule has 1 heterocycles. The third-order valence-corrected chi connectivity index (χ3v) is 3.21. The zero-order valence-corrected chi connectivity index (χ0v) is 11.1. The summed E-state index contributed by atoms with van der Waals surface area (Å²) in [6.45, 7) is 6.00. The lowest BCUT2D eigenvalue weighted by molar-refractivity contribution is -0.120. The molecule has 2 atom stereocenters. The summed E-state index contributed by atoms with van der Waals surface area (Å²) < 4.78 is 5.22. The van der Waals surface area contributed by atoms with Gasteiger partial charge < -0.3 is 15.5 Å². The van der Waals surface area contributed by atoms with E-state index in [1.54, 1.807) is 6.92 Å². The molecule has 7 heteroatoms. The van der Waals surface area contributed by atoms with Crippen LogP contribution in [0.3, 0.4) is 0 Å². The number of hydrogen-bond acceptors (Lipinski definition) is 6. The van der Waals surface area contributed by atoms with Crippen LogP contribution in [0.5, 0.6) is 0 Å². The molecule has 0 bridgehead atoms. The molecule has 0 aliphatic carbocycles. The topological polar surface area (TPSA) is 94.0 Å². The van der Waals surface area contributed by atoms with E-state index >= 15 is 0 Å². The number of carbonyl (C=O) groups is 1. The van der Waals surface area contributed by atoms with Crippen LogP contribution in [0.25, 0.3) is 0 Å². The smallest absolute Gasteiger partial charge is 0.277 e. The first-order valence-corrected chi connectivity index (χ1v) is 6.44. The average Bonchev–Trinajstić information content (AvgIpc) is 2.76. The molecular formula is C10H18N4O2S. The van der Waals surface area contributed by atoms with E-state index < -0.39 is 0 Å². The molecule has 96 valence electrons. The average molecular weight is 258 g/mol. The number of carbonyl (C=O) groups excluding carboxylic acids is 1. The first-order valence-electron chi connectivity index (χ1n) is 5.56. The van der Waals surface area contributed by atoms with E-state index in [0.29, 0.717) is 11.1 Å². The summed E-state index contributed by atoms with van der Waals surface area (Å²) in [6, 6.07) is 0.174. The Labute approximate surface area is 105 Å². The molecule has 0 spiro atoms. The van der Waals surface area contributed by atoms with E-state index in [2.05, 4.69) is 15.5 Å². The molecule has 2 unspecified atom stereocenters. The molecule has 0 aliphatic heterocycles. The summed E-state index contributed by atoms with van der Waals surface area (Å²) in [5.41, 5.74) is 5.35. The van der Waals surface area contributed by atoms with Gasteiger partial charge in [-0.15, -0.1) is 10.2 Å². The normalized spacial score (nSPS) is 14.4. The van der Waals surface area contributed by atoms with E-state index in [1.807, 2.05) is 13.8 Å². The minimum absolute atomic E-state index is 0.0307. The van der Waals surface area contributed by atoms with Gasteiger partial charge in [0.2, 0.25) is 11.8 Å². The highest BCUT2D eigenvalue weighted by Crippen LogP contribution is 2.21. The van der Waals surface area contributed by atoms with E-state index in [0.717, 1.165) is 6.42 Å². The highest BCUT2D eigenvalue weighted by atomic mass is 32.2. The van der Waals surface area contributed by atoms with Gasteiger partial charge in [-0.25, -0.2) is 0 Å². The van der Waals surface area contributed by atoms with Crippen molar-refractivity contribution in [3.8, 4) is 0 Å². The Hall–Kier alpha value is -1.08. The number of rotatable bonds is 6. The number of nitrogens with one attached hydrogen (secondary N) is 1. The summed E-state index contributed by atoms with van der Waals surface area (Å²) in [5, 5.41) is 10.5. The fourth-order valence-electron chi connectivity index (χ4n) is 1.04. The summed E-state index contributed by atoms with van der Waals surface area (Å²) in [4.78, 5) is 11.7. The monoisotopic (exact) mass is 258 g/mol. The Bertz CT molecular complexity index is 369. The zero-order valence-electron chi connectivity index (χ0n) is 10.3. The second-order valence-corrected chi connectivity index (χ2v) is 5.04. The molecule has 3 N–H and O–H groups in total. The SMILES string of the molecule is CCC(C)NC(=O)C(C)Sc1nnc(CN)o1. The summed E-state index contributed by atoms with van der Waals surface area (Å²) in [6.07, 6.45) is 0.904. The van der Waals surface area contributed by atoms with Crippen LogP contribution in [-0.2, 0) is 11.3 Å². The Kier molecular flexibility index (Phi) is 5.43. The maximum absolute atomic E-state index is 11.7. The quantitative estimate of drug-likeness (QED) is 0.737. The highest BCUT2D eigenvalue weighted by Gasteiger charge is 2.18. The maximum Gasteiger partial charge on any atom is 0.277 e. The minimum atomic E-state index is -0.268. The number of nitrogens with two attached hydrogens (primary N) is 1. The van der Waals surface area contributed by atoms with Crippen molar-refractivity contribution in [1.82, 2.24) is 15.5 Å². The third-order valence-electron chi connectivity index (χ3n) is 2.27. The van der Waals surface area contributed by atoms with Crippen molar-refractivity contribution in [3.63, 3.8) is 0 Å². The Morgan fingerprint density at radius 3 is 2.76 bits per heavy atom. The molecule has 6 nitrogen and oxygen atoms in total. The lowest BCUT2D eigenvalue weighted by Crippen LogP contribution is -2.37. The number of nitrogens with zero attached hydrogens (tertiary/aromatic N) is 2. The molecule has 1 amide bonds. The van der Waals surface area contributed by atoms with Crippen LogP contribution in [0.1, 0.15) is 33.1 Å². The van der Waals surface area contributed by atoms with Crippen molar-refractivity contribution >= 4 is 17.7 Å². The Morgan fingerprint density at radius 2 is 2.24 bits per heavy atom. The maximum atomic E-state index is 11.7. The van der Waals surface area contributed by atoms with E-state index in [9.17, 15) is 4.79 Å². The molecule has 0 fully saturated rings. The number of thioether (sulfide) groups is 1. The van der Waals surface area contributed by atoms with Gasteiger partial charge in [-0.05, 0) is 20.3 Å². The van der Waals surface area contributed by atoms with Gasteiger partial charge >= 0.3 is 0 Å². The van der Waals surface area contributed by atoms with Crippen molar-refractivity contribution in [1.29, 1.82) is 0 Å². The van der Waals surface area contributed by atoms with Crippen LogP contribution in [-0.4, -0.2) is 27.4 Å². The second kappa shape index (κ2) is 6.61. The van der Waals surface area contributed by atoms with Crippen LogP contribution in [0, 0.1) is 0 Å². The van der Waals surface area contributed by atoms with Gasteiger partial charge in [0.1, 0.15) is 0 Å². The van der Waals surface area contributed by atoms with E-state index in [-0.39, 0.29) is 23.7 Å². The number of amides is 1. The Balaban J connectivity index is 2.47. The molecule has 0 aliphatic rings. The van der Waals surface area contributed by atoms with Crippen molar-refractivity contribution in [2.24, 2.45) is 5.73 Å². The van der Waals surface area contributed by atoms with Crippen molar-refractivity contribution in [2.45, 2.75) is 50.3 Å². The molecule has 0 aromatic carbocycles. The Morgan fingerprint density at radius 1 is 1.53 bits per heavy atom. The predicted octanol–water partition coefficient (Wildman–Crippen LogP) is 0.924. The van der Waals surface area contributed by atoms with Crippen molar-refractivity contribution < 1.29 is 9.21 Å². The van der Waals surface area contributed by atoms with Crippen molar-refractivity contribution in [3.05, 3.63) is 5.89 Å². The van der Waals surface area contributed by atoms with E-state index in [4.69, 9.17) is 10.2 Å². The molecule has 1 aromatic rings. The second-order valence-electron chi connectivity index (χ2n) is 3.74. The van der Waals surface area contributed by atoms with Crippen LogP contribution < -0.4 is 11.1 Å². The van der Waals surface area contributed by atoms with Gasteiger partial charge in [-0.3, -0.25) is 4.79 Å². The number of hydrogen-bond donors (Lipinski definition) is 2. The third kappa shape index (κ3) is 4.35. The fraction of sp³-hybridized carbons (Fsp3) is 0.700. The van der Waals surface area contributed by atoms with Gasteiger partial charge in [-0.1, -0.05) is 18.7 Å². The molecule has 17 heavy (non-hydrogen) atoms. The van der Waals surface area contributed by atoms with Gasteiger partial charge in [0, 0.05) is 6.04 Å². The molecule has 0 saturated carbocycles. The van der Waals surface area contributed by atoms with Crippen LogP contribution in [0.4, 0.5) is 0 Å². The zero-order chi connectivity index (χ0) is 12.8. The molecule has 1 rings (SSSR count). The van der Waals surface area contributed by atoms with Gasteiger partial charge in [-0.2, -0.15) is 0 Å². The first kappa shape index (κ1) is 14.0. The predicted molar refractivity (Wildman–Crippen MR) is 65.4 cm³/mol. The molecule has 1 aromatic heterocycles. The number of aromatic nitrogens is 2. The summed E-state index contributed by atoms with van der Waals surface area (Å²) >= 11 is 1.23.